The van der Waals surface area contributed by atoms with Gasteiger partial charge in [-0.25, -0.2) is 0 Å². The highest BCUT2D eigenvalue weighted by Gasteiger charge is 2.31. The third-order valence-electron chi connectivity index (χ3n) is 7.41. The largest absolute Gasteiger partial charge is 0.489 e. The lowest BCUT2D eigenvalue weighted by atomic mass is 10.0. The molecule has 1 fully saturated rings. The number of nitrogens with zero attached hydrogens (tertiary/aromatic N) is 4. The zero-order valence-corrected chi connectivity index (χ0v) is 23.9. The van der Waals surface area contributed by atoms with Gasteiger partial charge in [-0.15, -0.1) is 0 Å². The molecule has 0 bridgehead atoms. The van der Waals surface area contributed by atoms with Crippen LogP contribution in [0.5, 0.6) is 17.2 Å². The number of para-hydroxylation sites is 1. The average molecular weight is 554 g/mol. The molecule has 0 aliphatic carbocycles. The molecule has 3 heterocycles. The zero-order valence-electron chi connectivity index (χ0n) is 23.9. The average Bonchev–Trinajstić information content (AvgIpc) is 3.09. The monoisotopic (exact) mass is 553 g/mol. The molecule has 3 aromatic rings. The van der Waals surface area contributed by atoms with Gasteiger partial charge in [0.2, 0.25) is 0 Å². The number of carbonyl (C=O) groups is 2. The normalized spacial score (nSPS) is 17.9. The summed E-state index contributed by atoms with van der Waals surface area (Å²) in [5.41, 5.74) is 1.25. The number of piperazine rings is 1. The second kappa shape index (κ2) is 12.0. The van der Waals surface area contributed by atoms with Gasteiger partial charge >= 0.3 is 0 Å². The number of anilines is 1. The third kappa shape index (κ3) is 6.68. The lowest BCUT2D eigenvalue weighted by Gasteiger charge is -2.40. The van der Waals surface area contributed by atoms with E-state index in [9.17, 15) is 9.59 Å². The van der Waals surface area contributed by atoms with Crippen LogP contribution in [-0.4, -0.2) is 85.1 Å². The van der Waals surface area contributed by atoms with Crippen molar-refractivity contribution in [3.63, 3.8) is 0 Å². The summed E-state index contributed by atoms with van der Waals surface area (Å²) in [6, 6.07) is 17.1. The van der Waals surface area contributed by atoms with Crippen LogP contribution in [0, 0.1) is 11.8 Å². The number of ether oxygens (including phenoxy) is 2. The molecule has 1 N–H and O–H groups in total. The van der Waals surface area contributed by atoms with Gasteiger partial charge in [0, 0.05) is 51.1 Å². The Morgan fingerprint density at radius 3 is 2.54 bits per heavy atom. The van der Waals surface area contributed by atoms with Crippen molar-refractivity contribution in [2.45, 2.75) is 25.4 Å². The molecule has 2 aliphatic rings. The summed E-state index contributed by atoms with van der Waals surface area (Å²) in [5.74, 6) is 7.59. The van der Waals surface area contributed by atoms with Crippen molar-refractivity contribution >= 4 is 17.5 Å². The molecule has 0 unspecified atom stereocenters. The van der Waals surface area contributed by atoms with Crippen LogP contribution in [-0.2, 0) is 4.79 Å². The van der Waals surface area contributed by atoms with Gasteiger partial charge in [-0.3, -0.25) is 19.5 Å². The molecule has 9 nitrogen and oxygen atoms in total. The minimum Gasteiger partial charge on any atom is -0.489 e. The van der Waals surface area contributed by atoms with Crippen LogP contribution < -0.4 is 19.7 Å². The van der Waals surface area contributed by atoms with E-state index >= 15 is 0 Å². The number of amides is 2. The Hall–Kier alpha value is -4.39. The van der Waals surface area contributed by atoms with E-state index < -0.39 is 11.9 Å². The van der Waals surface area contributed by atoms with E-state index in [2.05, 4.69) is 52.8 Å². The number of hydrogen-bond donors (Lipinski definition) is 1. The number of carbonyl (C=O) groups excluding carboxylic acids is 2. The molecule has 1 aromatic heterocycles. The first-order valence-corrected chi connectivity index (χ1v) is 13.7. The maximum absolute atomic E-state index is 13.4. The first-order chi connectivity index (χ1) is 19.7. The second-order valence-electron chi connectivity index (χ2n) is 10.8. The Labute approximate surface area is 241 Å². The predicted octanol–water partition coefficient (Wildman–Crippen LogP) is 3.41. The molecule has 5 rings (SSSR count). The molecule has 212 valence electrons. The van der Waals surface area contributed by atoms with Crippen molar-refractivity contribution in [2.75, 3.05) is 51.8 Å². The summed E-state index contributed by atoms with van der Waals surface area (Å²) >= 11 is 0. The van der Waals surface area contributed by atoms with Gasteiger partial charge in [-0.2, -0.15) is 0 Å². The molecule has 41 heavy (non-hydrogen) atoms. The van der Waals surface area contributed by atoms with Crippen molar-refractivity contribution in [1.29, 1.82) is 0 Å². The summed E-state index contributed by atoms with van der Waals surface area (Å²) in [6.45, 7) is 8.26. The zero-order chi connectivity index (χ0) is 29.0. The Kier molecular flexibility index (Phi) is 8.24. The number of hydrogen-bond acceptors (Lipinski definition) is 7. The van der Waals surface area contributed by atoms with Crippen LogP contribution >= 0.6 is 0 Å². The summed E-state index contributed by atoms with van der Waals surface area (Å²) in [7, 11) is 3.81. The summed E-state index contributed by atoms with van der Waals surface area (Å²) < 4.78 is 11.8. The van der Waals surface area contributed by atoms with Crippen LogP contribution in [0.25, 0.3) is 0 Å². The van der Waals surface area contributed by atoms with E-state index in [-0.39, 0.29) is 23.7 Å². The lowest BCUT2D eigenvalue weighted by Crippen LogP contribution is -2.53. The highest BCUT2D eigenvalue weighted by atomic mass is 16.5. The Bertz CT molecular complexity index is 1470. The van der Waals surface area contributed by atoms with E-state index in [0.29, 0.717) is 22.9 Å². The van der Waals surface area contributed by atoms with Crippen LogP contribution in [0.3, 0.4) is 0 Å². The van der Waals surface area contributed by atoms with Crippen LogP contribution in [0.15, 0.2) is 66.9 Å². The topological polar surface area (TPSA) is 87.2 Å². The summed E-state index contributed by atoms with van der Waals surface area (Å²) in [5, 5.41) is 2.77. The molecule has 0 radical (unpaired) electrons. The van der Waals surface area contributed by atoms with Gasteiger partial charge < -0.3 is 24.6 Å². The van der Waals surface area contributed by atoms with E-state index in [1.807, 2.05) is 48.5 Å². The lowest BCUT2D eigenvalue weighted by molar-refractivity contribution is -0.120. The number of pyridine rings is 1. The summed E-state index contributed by atoms with van der Waals surface area (Å²) in [4.78, 5) is 36.8. The van der Waals surface area contributed by atoms with E-state index in [0.717, 1.165) is 31.7 Å². The molecular formula is C32H35N5O4. The molecule has 0 spiro atoms. The minimum atomic E-state index is -0.897. The minimum absolute atomic E-state index is 0.0103. The van der Waals surface area contributed by atoms with Crippen LogP contribution in [0.1, 0.15) is 29.9 Å². The predicted molar refractivity (Wildman–Crippen MR) is 157 cm³/mol. The fourth-order valence-corrected chi connectivity index (χ4v) is 4.80. The molecule has 2 amide bonds. The standard InChI is InChI=1S/C32H35N5O4/c1-32(2,37-18-16-35(3)17-19-37)14-12-23-10-11-29-28(20-23)36(4)31(39)27(22-40-29)34-30(38)26-21-25(13-15-33-26)41-24-8-6-5-7-9-24/h5-11,13,15,20-21,27H,16-19,22H2,1-4H3,(H,34,38)/t27-/m1/s1. The van der Waals surface area contributed by atoms with Gasteiger partial charge in [0.1, 0.15) is 35.6 Å². The van der Waals surface area contributed by atoms with Gasteiger partial charge in [0.05, 0.1) is 11.2 Å². The fraction of sp³-hybridized carbons (Fsp3) is 0.344. The Morgan fingerprint density at radius 2 is 1.78 bits per heavy atom. The third-order valence-corrected chi connectivity index (χ3v) is 7.41. The second-order valence-corrected chi connectivity index (χ2v) is 10.8. The highest BCUT2D eigenvalue weighted by molar-refractivity contribution is 6.03. The number of aromatic nitrogens is 1. The fourth-order valence-electron chi connectivity index (χ4n) is 4.80. The molecule has 2 aromatic carbocycles. The van der Waals surface area contributed by atoms with Gasteiger partial charge in [-0.1, -0.05) is 30.0 Å². The first-order valence-electron chi connectivity index (χ1n) is 13.7. The maximum atomic E-state index is 13.4. The van der Waals surface area contributed by atoms with Crippen molar-refractivity contribution in [1.82, 2.24) is 20.1 Å². The number of benzene rings is 2. The van der Waals surface area contributed by atoms with Crippen LogP contribution in [0.2, 0.25) is 0 Å². The number of fused-ring (bicyclic) bond motifs is 1. The van der Waals surface area contributed by atoms with E-state index in [1.54, 1.807) is 13.1 Å². The molecule has 2 aliphatic heterocycles. The van der Waals surface area contributed by atoms with Gasteiger partial charge in [0.25, 0.3) is 11.8 Å². The van der Waals surface area contributed by atoms with E-state index in [4.69, 9.17) is 9.47 Å². The van der Waals surface area contributed by atoms with Crippen molar-refractivity contribution < 1.29 is 19.1 Å². The molecule has 9 heteroatoms. The van der Waals surface area contributed by atoms with Crippen LogP contribution in [0.4, 0.5) is 5.69 Å². The Morgan fingerprint density at radius 1 is 1.02 bits per heavy atom. The molecule has 1 saturated heterocycles. The summed E-state index contributed by atoms with van der Waals surface area (Å²) in [6.07, 6.45) is 1.49. The first kappa shape index (κ1) is 28.1. The SMILES string of the molecule is CN1CCN(C(C)(C)C#Cc2ccc3c(c2)N(C)C(=O)[C@H](NC(=O)c2cc(Oc4ccccc4)ccn2)CO3)CC1. The highest BCUT2D eigenvalue weighted by Crippen LogP contribution is 2.32. The smallest absolute Gasteiger partial charge is 0.270 e. The molecular weight excluding hydrogens is 518 g/mol. The quantitative estimate of drug-likeness (QED) is 0.485. The maximum Gasteiger partial charge on any atom is 0.270 e. The Balaban J connectivity index is 1.27. The molecule has 0 saturated carbocycles. The van der Waals surface area contributed by atoms with Gasteiger partial charge in [0.15, 0.2) is 0 Å². The number of rotatable bonds is 5. The molecule has 1 atom stereocenters. The number of likely N-dealkylation sites (N-methyl/N-ethyl adjacent to an activating group) is 2. The van der Waals surface area contributed by atoms with E-state index in [1.165, 1.54) is 17.2 Å². The number of nitrogens with one attached hydrogen (secondary N) is 1. The van der Waals surface area contributed by atoms with Crippen molar-refractivity contribution in [3.8, 4) is 29.1 Å². The van der Waals surface area contributed by atoms with Crippen molar-refractivity contribution in [3.05, 3.63) is 78.1 Å². The van der Waals surface area contributed by atoms with Crippen molar-refractivity contribution in [2.24, 2.45) is 0 Å². The van der Waals surface area contributed by atoms with Gasteiger partial charge in [-0.05, 0) is 57.3 Å².